The standard InChI is InChI=1S/C20H30F3N3O.ClH/c21-20(22,23)19-10-14-7-15(11-19)9-18(8-14,13-19)17(27)26-4-1-16(12-26)25-5-2-24-3-6-25;/h14-16,24H,1-13H2;1H. The molecule has 1 N–H and O–H groups in total. The van der Waals surface area contributed by atoms with Crippen LogP contribution in [0.5, 0.6) is 0 Å². The quantitative estimate of drug-likeness (QED) is 0.744. The molecule has 2 aliphatic heterocycles. The topological polar surface area (TPSA) is 35.6 Å². The smallest absolute Gasteiger partial charge is 0.341 e. The van der Waals surface area contributed by atoms with Crippen molar-refractivity contribution in [1.82, 2.24) is 15.1 Å². The van der Waals surface area contributed by atoms with E-state index in [1.807, 2.05) is 4.90 Å². The van der Waals surface area contributed by atoms with Crippen LogP contribution in [-0.2, 0) is 4.79 Å². The molecule has 1 amide bonds. The van der Waals surface area contributed by atoms with Crippen LogP contribution in [0.15, 0.2) is 0 Å². The number of alkyl halides is 3. The lowest BCUT2D eigenvalue weighted by Crippen LogP contribution is -2.61. The minimum atomic E-state index is -4.18. The van der Waals surface area contributed by atoms with Gasteiger partial charge in [-0.1, -0.05) is 0 Å². The second kappa shape index (κ2) is 7.02. The number of carbonyl (C=O) groups is 1. The van der Waals surface area contributed by atoms with E-state index in [1.54, 1.807) is 0 Å². The third-order valence-electron chi connectivity index (χ3n) is 8.23. The first-order valence-electron chi connectivity index (χ1n) is 10.6. The van der Waals surface area contributed by atoms with Gasteiger partial charge in [0.05, 0.1) is 10.8 Å². The Morgan fingerprint density at radius 3 is 2.25 bits per heavy atom. The summed E-state index contributed by atoms with van der Waals surface area (Å²) < 4.78 is 41.9. The number of piperazine rings is 1. The fourth-order valence-corrected chi connectivity index (χ4v) is 7.45. The Morgan fingerprint density at radius 2 is 1.64 bits per heavy atom. The second-order valence-electron chi connectivity index (χ2n) is 10.00. The number of nitrogens with one attached hydrogen (secondary N) is 1. The van der Waals surface area contributed by atoms with Crippen molar-refractivity contribution < 1.29 is 18.0 Å². The van der Waals surface area contributed by atoms with Crippen molar-refractivity contribution in [2.24, 2.45) is 22.7 Å². The van der Waals surface area contributed by atoms with Crippen LogP contribution < -0.4 is 5.32 Å². The first-order chi connectivity index (χ1) is 12.8. The van der Waals surface area contributed by atoms with Crippen molar-refractivity contribution in [3.63, 3.8) is 0 Å². The maximum Gasteiger partial charge on any atom is 0.394 e. The van der Waals surface area contributed by atoms with Gasteiger partial charge in [0.15, 0.2) is 0 Å². The fourth-order valence-electron chi connectivity index (χ4n) is 7.45. The maximum atomic E-state index is 14.0. The number of rotatable bonds is 2. The van der Waals surface area contributed by atoms with E-state index >= 15 is 0 Å². The molecule has 0 aromatic rings. The molecule has 6 rings (SSSR count). The Bertz CT molecular complexity index is 608. The molecular weight excluding hydrogens is 391 g/mol. The largest absolute Gasteiger partial charge is 0.394 e. The average molecular weight is 422 g/mol. The van der Waals surface area contributed by atoms with Crippen LogP contribution in [0, 0.1) is 22.7 Å². The number of likely N-dealkylation sites (tertiary alicyclic amines) is 1. The second-order valence-corrected chi connectivity index (χ2v) is 10.00. The Kier molecular flexibility index (Phi) is 5.20. The van der Waals surface area contributed by atoms with Crippen molar-refractivity contribution in [2.75, 3.05) is 39.3 Å². The molecule has 0 spiro atoms. The average Bonchev–Trinajstić information content (AvgIpc) is 3.10. The Labute approximate surface area is 171 Å². The van der Waals surface area contributed by atoms with Crippen molar-refractivity contribution in [3.05, 3.63) is 0 Å². The van der Waals surface area contributed by atoms with Gasteiger partial charge in [0.25, 0.3) is 0 Å². The third kappa shape index (κ3) is 3.16. The molecule has 28 heavy (non-hydrogen) atoms. The van der Waals surface area contributed by atoms with Crippen LogP contribution in [0.3, 0.4) is 0 Å². The van der Waals surface area contributed by atoms with Crippen LogP contribution >= 0.6 is 12.4 Å². The van der Waals surface area contributed by atoms with Crippen molar-refractivity contribution in [3.8, 4) is 0 Å². The number of carbonyl (C=O) groups excluding carboxylic acids is 1. The van der Waals surface area contributed by atoms with Crippen LogP contribution in [0.2, 0.25) is 0 Å². The van der Waals surface area contributed by atoms with E-state index in [2.05, 4.69) is 10.2 Å². The molecule has 0 aromatic carbocycles. The Balaban J connectivity index is 0.00000192. The zero-order valence-corrected chi connectivity index (χ0v) is 17.1. The van der Waals surface area contributed by atoms with E-state index in [1.165, 1.54) is 0 Å². The number of hydrogen-bond donors (Lipinski definition) is 1. The lowest BCUT2D eigenvalue weighted by molar-refractivity contribution is -0.284. The van der Waals surface area contributed by atoms with Crippen LogP contribution in [-0.4, -0.2) is 67.2 Å². The van der Waals surface area contributed by atoms with Gasteiger partial charge in [-0.05, 0) is 56.8 Å². The monoisotopic (exact) mass is 421 g/mol. The molecule has 2 heterocycles. The minimum Gasteiger partial charge on any atom is -0.341 e. The molecule has 4 nitrogen and oxygen atoms in total. The molecule has 3 unspecified atom stereocenters. The first kappa shape index (κ1) is 20.7. The summed E-state index contributed by atoms with van der Waals surface area (Å²) >= 11 is 0. The highest BCUT2D eigenvalue weighted by Crippen LogP contribution is 2.69. The molecule has 0 aromatic heterocycles. The molecule has 160 valence electrons. The minimum absolute atomic E-state index is 0. The van der Waals surface area contributed by atoms with Crippen molar-refractivity contribution >= 4 is 18.3 Å². The molecular formula is C20H31ClF3N3O. The van der Waals surface area contributed by atoms with Gasteiger partial charge in [-0.3, -0.25) is 9.69 Å². The molecule has 0 radical (unpaired) electrons. The van der Waals surface area contributed by atoms with Gasteiger partial charge < -0.3 is 10.2 Å². The van der Waals surface area contributed by atoms with Crippen LogP contribution in [0.25, 0.3) is 0 Å². The summed E-state index contributed by atoms with van der Waals surface area (Å²) in [4.78, 5) is 17.9. The van der Waals surface area contributed by atoms with Gasteiger partial charge in [0.2, 0.25) is 5.91 Å². The maximum absolute atomic E-state index is 14.0. The molecule has 3 atom stereocenters. The highest BCUT2D eigenvalue weighted by Gasteiger charge is 2.69. The van der Waals surface area contributed by atoms with Crippen LogP contribution in [0.1, 0.15) is 44.9 Å². The molecule has 8 heteroatoms. The SMILES string of the molecule is Cl.O=C(N1CCC(N2CCNCC2)C1)C12CC3CC(C1)CC(C(F)(F)F)(C3)C2. The lowest BCUT2D eigenvalue weighted by Gasteiger charge is -2.61. The number of nitrogens with zero attached hydrogens (tertiary/aromatic N) is 2. The van der Waals surface area contributed by atoms with Gasteiger partial charge in [-0.2, -0.15) is 13.2 Å². The van der Waals surface area contributed by atoms with Gasteiger partial charge >= 0.3 is 6.18 Å². The zero-order valence-electron chi connectivity index (χ0n) is 16.3. The predicted molar refractivity (Wildman–Crippen MR) is 102 cm³/mol. The number of amides is 1. The van der Waals surface area contributed by atoms with Gasteiger partial charge in [-0.15, -0.1) is 12.4 Å². The van der Waals surface area contributed by atoms with Crippen molar-refractivity contribution in [2.45, 2.75) is 57.2 Å². The lowest BCUT2D eigenvalue weighted by atomic mass is 9.43. The normalized spacial score (nSPS) is 43.2. The van der Waals surface area contributed by atoms with E-state index in [4.69, 9.17) is 0 Å². The number of hydrogen-bond acceptors (Lipinski definition) is 3. The molecule has 4 saturated carbocycles. The third-order valence-corrected chi connectivity index (χ3v) is 8.23. The predicted octanol–water partition coefficient (Wildman–Crippen LogP) is 3.06. The zero-order chi connectivity index (χ0) is 18.9. The van der Waals surface area contributed by atoms with Crippen LogP contribution in [0.4, 0.5) is 13.2 Å². The molecule has 6 fully saturated rings. The van der Waals surface area contributed by atoms with E-state index in [9.17, 15) is 18.0 Å². The Morgan fingerprint density at radius 1 is 1.00 bits per heavy atom. The summed E-state index contributed by atoms with van der Waals surface area (Å²) in [5.41, 5.74) is -2.33. The summed E-state index contributed by atoms with van der Waals surface area (Å²) in [5, 5.41) is 3.35. The van der Waals surface area contributed by atoms with Crippen molar-refractivity contribution in [1.29, 1.82) is 0 Å². The summed E-state index contributed by atoms with van der Waals surface area (Å²) in [6.45, 7) is 5.37. The Hall–Kier alpha value is -0.530. The fraction of sp³-hybridized carbons (Fsp3) is 0.950. The molecule has 4 bridgehead atoms. The van der Waals surface area contributed by atoms with E-state index in [-0.39, 0.29) is 49.4 Å². The van der Waals surface area contributed by atoms with E-state index in [0.717, 1.165) is 39.0 Å². The summed E-state index contributed by atoms with van der Waals surface area (Å²) in [7, 11) is 0. The molecule has 6 aliphatic rings. The van der Waals surface area contributed by atoms with Gasteiger partial charge in [0, 0.05) is 45.3 Å². The molecule has 4 aliphatic carbocycles. The van der Waals surface area contributed by atoms with E-state index < -0.39 is 17.0 Å². The summed E-state index contributed by atoms with van der Waals surface area (Å²) in [6.07, 6.45) is -0.384. The van der Waals surface area contributed by atoms with Gasteiger partial charge in [-0.25, -0.2) is 0 Å². The van der Waals surface area contributed by atoms with E-state index in [0.29, 0.717) is 32.0 Å². The number of halogens is 4. The molecule has 2 saturated heterocycles. The van der Waals surface area contributed by atoms with Gasteiger partial charge in [0.1, 0.15) is 0 Å². The highest BCUT2D eigenvalue weighted by atomic mass is 35.5. The highest BCUT2D eigenvalue weighted by molar-refractivity contribution is 5.85. The first-order valence-corrected chi connectivity index (χ1v) is 10.6. The summed E-state index contributed by atoms with van der Waals surface area (Å²) in [6, 6.07) is 0.376. The summed E-state index contributed by atoms with van der Waals surface area (Å²) in [5.74, 6) is 0.217.